The molecule has 0 bridgehead atoms. The lowest BCUT2D eigenvalue weighted by molar-refractivity contribution is -0.137. The van der Waals surface area contributed by atoms with Gasteiger partial charge in [0, 0.05) is 31.7 Å². The molecule has 112 valence electrons. The van der Waals surface area contributed by atoms with E-state index in [4.69, 9.17) is 10.5 Å². The Morgan fingerprint density at radius 3 is 2.45 bits per heavy atom. The van der Waals surface area contributed by atoms with Crippen LogP contribution in [0.4, 0.5) is 8.78 Å². The third-order valence-electron chi connectivity index (χ3n) is 3.53. The standard InChI is InChI=1S/C15H22F2N2O/c1-10-8-19(9-15(2,3)20-10)14(7-18)11-4-12(16)6-13(17)5-11/h4-6,10,14H,7-9,18H2,1-3H3. The molecule has 0 aromatic heterocycles. The Hall–Kier alpha value is -1.04. The summed E-state index contributed by atoms with van der Waals surface area (Å²) in [6.45, 7) is 7.70. The lowest BCUT2D eigenvalue weighted by Gasteiger charge is -2.45. The molecule has 3 nitrogen and oxygen atoms in total. The summed E-state index contributed by atoms with van der Waals surface area (Å²) in [4.78, 5) is 2.14. The number of morpholine rings is 1. The number of hydrogen-bond donors (Lipinski definition) is 1. The SMILES string of the molecule is CC1CN(C(CN)c2cc(F)cc(F)c2)CC(C)(C)O1. The molecule has 1 saturated heterocycles. The van der Waals surface area contributed by atoms with Crippen LogP contribution in [0.1, 0.15) is 32.4 Å². The Labute approximate surface area is 118 Å². The molecule has 1 aliphatic heterocycles. The van der Waals surface area contributed by atoms with Crippen LogP contribution in [0.25, 0.3) is 0 Å². The van der Waals surface area contributed by atoms with Gasteiger partial charge in [-0.1, -0.05) is 0 Å². The Balaban J connectivity index is 2.27. The highest BCUT2D eigenvalue weighted by Crippen LogP contribution is 2.29. The smallest absolute Gasteiger partial charge is 0.126 e. The van der Waals surface area contributed by atoms with Crippen LogP contribution in [0, 0.1) is 11.6 Å². The molecule has 0 amide bonds. The molecule has 1 fully saturated rings. The van der Waals surface area contributed by atoms with Gasteiger partial charge in [-0.2, -0.15) is 0 Å². The monoisotopic (exact) mass is 284 g/mol. The van der Waals surface area contributed by atoms with Gasteiger partial charge in [-0.3, -0.25) is 4.90 Å². The van der Waals surface area contributed by atoms with Crippen LogP contribution in [0.2, 0.25) is 0 Å². The summed E-state index contributed by atoms with van der Waals surface area (Å²) in [5.74, 6) is -1.14. The average Bonchev–Trinajstić information content (AvgIpc) is 2.25. The zero-order chi connectivity index (χ0) is 14.9. The van der Waals surface area contributed by atoms with Crippen molar-refractivity contribution in [1.82, 2.24) is 4.90 Å². The summed E-state index contributed by atoms with van der Waals surface area (Å²) in [6, 6.07) is 3.38. The number of rotatable bonds is 3. The van der Waals surface area contributed by atoms with E-state index in [0.29, 0.717) is 25.2 Å². The highest BCUT2D eigenvalue weighted by atomic mass is 19.1. The fourth-order valence-electron chi connectivity index (χ4n) is 3.00. The molecule has 0 radical (unpaired) electrons. The van der Waals surface area contributed by atoms with Gasteiger partial charge in [0.1, 0.15) is 11.6 Å². The third kappa shape index (κ3) is 3.53. The van der Waals surface area contributed by atoms with E-state index in [9.17, 15) is 8.78 Å². The lowest BCUT2D eigenvalue weighted by Crippen LogP contribution is -2.53. The molecule has 2 atom stereocenters. The van der Waals surface area contributed by atoms with Gasteiger partial charge in [-0.05, 0) is 38.5 Å². The van der Waals surface area contributed by atoms with E-state index in [1.165, 1.54) is 12.1 Å². The van der Waals surface area contributed by atoms with Crippen molar-refractivity contribution in [3.8, 4) is 0 Å². The fourth-order valence-corrected chi connectivity index (χ4v) is 3.00. The van der Waals surface area contributed by atoms with E-state index >= 15 is 0 Å². The Kier molecular flexibility index (Phi) is 4.42. The van der Waals surface area contributed by atoms with Crippen LogP contribution >= 0.6 is 0 Å². The van der Waals surface area contributed by atoms with E-state index in [1.807, 2.05) is 20.8 Å². The van der Waals surface area contributed by atoms with Gasteiger partial charge < -0.3 is 10.5 Å². The minimum Gasteiger partial charge on any atom is -0.370 e. The summed E-state index contributed by atoms with van der Waals surface area (Å²) in [5.41, 5.74) is 6.13. The normalized spacial score (nSPS) is 24.6. The molecule has 2 rings (SSSR count). The first-order valence-corrected chi connectivity index (χ1v) is 6.88. The first-order valence-electron chi connectivity index (χ1n) is 6.88. The third-order valence-corrected chi connectivity index (χ3v) is 3.53. The van der Waals surface area contributed by atoms with Crippen LogP contribution in [-0.4, -0.2) is 36.2 Å². The van der Waals surface area contributed by atoms with E-state index < -0.39 is 11.6 Å². The molecule has 1 aromatic rings. The van der Waals surface area contributed by atoms with E-state index in [-0.39, 0.29) is 17.7 Å². The topological polar surface area (TPSA) is 38.5 Å². The number of ether oxygens (including phenoxy) is 1. The van der Waals surface area contributed by atoms with Gasteiger partial charge in [0.25, 0.3) is 0 Å². The predicted molar refractivity (Wildman–Crippen MR) is 74.4 cm³/mol. The first kappa shape index (κ1) is 15.4. The van der Waals surface area contributed by atoms with Gasteiger partial charge in [0.05, 0.1) is 11.7 Å². The largest absolute Gasteiger partial charge is 0.370 e. The summed E-state index contributed by atoms with van der Waals surface area (Å²) >= 11 is 0. The summed E-state index contributed by atoms with van der Waals surface area (Å²) in [6.07, 6.45) is 0.0613. The van der Waals surface area contributed by atoms with Gasteiger partial charge in [-0.25, -0.2) is 8.78 Å². The van der Waals surface area contributed by atoms with Crippen molar-refractivity contribution in [3.63, 3.8) is 0 Å². The molecule has 2 N–H and O–H groups in total. The van der Waals surface area contributed by atoms with Crippen LogP contribution < -0.4 is 5.73 Å². The van der Waals surface area contributed by atoms with Gasteiger partial charge in [0.15, 0.2) is 0 Å². The number of benzene rings is 1. The summed E-state index contributed by atoms with van der Waals surface area (Å²) in [5, 5.41) is 0. The zero-order valence-corrected chi connectivity index (χ0v) is 12.2. The molecule has 20 heavy (non-hydrogen) atoms. The van der Waals surface area contributed by atoms with Gasteiger partial charge in [-0.15, -0.1) is 0 Å². The molecular formula is C15H22F2N2O. The quantitative estimate of drug-likeness (QED) is 0.926. The van der Waals surface area contributed by atoms with Crippen molar-refractivity contribution >= 4 is 0 Å². The lowest BCUT2D eigenvalue weighted by atomic mass is 9.99. The van der Waals surface area contributed by atoms with Crippen LogP contribution in [-0.2, 0) is 4.74 Å². The molecule has 1 heterocycles. The summed E-state index contributed by atoms with van der Waals surface area (Å²) < 4.78 is 32.6. The second kappa shape index (κ2) is 5.76. The molecule has 2 unspecified atom stereocenters. The van der Waals surface area contributed by atoms with E-state index in [2.05, 4.69) is 4.90 Å². The van der Waals surface area contributed by atoms with Crippen molar-refractivity contribution in [3.05, 3.63) is 35.4 Å². The first-order chi connectivity index (χ1) is 9.30. The molecule has 5 heteroatoms. The Morgan fingerprint density at radius 2 is 1.95 bits per heavy atom. The zero-order valence-electron chi connectivity index (χ0n) is 12.2. The minimum absolute atomic E-state index is 0.0613. The molecular weight excluding hydrogens is 262 g/mol. The van der Waals surface area contributed by atoms with Gasteiger partial charge >= 0.3 is 0 Å². The number of nitrogens with two attached hydrogens (primary N) is 1. The Morgan fingerprint density at radius 1 is 1.35 bits per heavy atom. The van der Waals surface area contributed by atoms with Crippen molar-refractivity contribution in [2.75, 3.05) is 19.6 Å². The average molecular weight is 284 g/mol. The maximum Gasteiger partial charge on any atom is 0.126 e. The van der Waals surface area contributed by atoms with Crippen molar-refractivity contribution < 1.29 is 13.5 Å². The minimum atomic E-state index is -0.570. The Bertz CT molecular complexity index is 459. The highest BCUT2D eigenvalue weighted by Gasteiger charge is 2.35. The van der Waals surface area contributed by atoms with Gasteiger partial charge in [0.2, 0.25) is 0 Å². The number of nitrogens with zero attached hydrogens (tertiary/aromatic N) is 1. The molecule has 0 saturated carbocycles. The van der Waals surface area contributed by atoms with E-state index in [0.717, 1.165) is 6.07 Å². The second-order valence-electron chi connectivity index (χ2n) is 6.07. The van der Waals surface area contributed by atoms with Crippen molar-refractivity contribution in [2.24, 2.45) is 5.73 Å². The molecule has 0 aliphatic carbocycles. The second-order valence-corrected chi connectivity index (χ2v) is 6.07. The van der Waals surface area contributed by atoms with Crippen LogP contribution in [0.5, 0.6) is 0 Å². The number of hydrogen-bond acceptors (Lipinski definition) is 3. The van der Waals surface area contributed by atoms with Crippen molar-refractivity contribution in [2.45, 2.75) is 38.5 Å². The maximum atomic E-state index is 13.4. The summed E-state index contributed by atoms with van der Waals surface area (Å²) in [7, 11) is 0. The molecule has 0 spiro atoms. The fraction of sp³-hybridized carbons (Fsp3) is 0.600. The molecule has 1 aliphatic rings. The highest BCUT2D eigenvalue weighted by molar-refractivity contribution is 5.22. The number of halogens is 2. The van der Waals surface area contributed by atoms with Crippen LogP contribution in [0.3, 0.4) is 0 Å². The molecule has 1 aromatic carbocycles. The maximum absolute atomic E-state index is 13.4. The van der Waals surface area contributed by atoms with E-state index in [1.54, 1.807) is 0 Å². The van der Waals surface area contributed by atoms with Crippen LogP contribution in [0.15, 0.2) is 18.2 Å². The van der Waals surface area contributed by atoms with Crippen molar-refractivity contribution in [1.29, 1.82) is 0 Å². The predicted octanol–water partition coefficient (Wildman–Crippen LogP) is 2.46.